The van der Waals surface area contributed by atoms with Crippen molar-refractivity contribution in [3.63, 3.8) is 0 Å². The van der Waals surface area contributed by atoms with E-state index < -0.39 is 12.3 Å². The fourth-order valence-corrected chi connectivity index (χ4v) is 0.907. The largest absolute Gasteiger partial charge is 0.358 e. The number of hydrogen-bond donors (Lipinski definition) is 5. The lowest BCUT2D eigenvalue weighted by atomic mass is 10.1. The van der Waals surface area contributed by atoms with Crippen LogP contribution < -0.4 is 27.8 Å². The van der Waals surface area contributed by atoms with E-state index in [0.717, 1.165) is 6.42 Å². The Balaban J connectivity index is 3.37. The molecule has 0 aromatic carbocycles. The minimum Gasteiger partial charge on any atom is -0.358 e. The average Bonchev–Trinajstić information content (AvgIpc) is 2.10. The van der Waals surface area contributed by atoms with Crippen LogP contribution in [0.25, 0.3) is 0 Å². The first-order chi connectivity index (χ1) is 6.07. The molecule has 0 aliphatic heterocycles. The zero-order valence-electron chi connectivity index (χ0n) is 7.92. The topological polar surface area (TPSA) is 119 Å². The maximum absolute atomic E-state index is 10.9. The van der Waals surface area contributed by atoms with Crippen molar-refractivity contribution < 1.29 is 4.79 Å². The van der Waals surface area contributed by atoms with Gasteiger partial charge in [-0.3, -0.25) is 10.1 Å². The fourth-order valence-electron chi connectivity index (χ4n) is 0.907. The summed E-state index contributed by atoms with van der Waals surface area (Å²) in [5.74, 6) is -0.142. The van der Waals surface area contributed by atoms with E-state index in [4.69, 9.17) is 17.2 Å². The van der Waals surface area contributed by atoms with Crippen LogP contribution >= 0.6 is 0 Å². The summed E-state index contributed by atoms with van der Waals surface area (Å²) in [5, 5.41) is 5.31. The molecule has 0 bridgehead atoms. The molecule has 0 rings (SSSR count). The van der Waals surface area contributed by atoms with E-state index in [2.05, 4.69) is 10.6 Å². The lowest BCUT2D eigenvalue weighted by Crippen LogP contribution is -2.46. The minimum atomic E-state index is -0.503. The maximum atomic E-state index is 10.9. The van der Waals surface area contributed by atoms with Crippen LogP contribution in [0.5, 0.6) is 0 Å². The molecule has 13 heavy (non-hydrogen) atoms. The van der Waals surface area contributed by atoms with Crippen molar-refractivity contribution >= 4 is 5.91 Å². The van der Waals surface area contributed by atoms with Gasteiger partial charge >= 0.3 is 0 Å². The van der Waals surface area contributed by atoms with E-state index in [1.54, 1.807) is 7.05 Å². The van der Waals surface area contributed by atoms with Crippen LogP contribution in [0.15, 0.2) is 0 Å². The number of rotatable bonds is 6. The van der Waals surface area contributed by atoms with Gasteiger partial charge in [0.1, 0.15) is 6.29 Å². The van der Waals surface area contributed by atoms with Crippen molar-refractivity contribution in [2.75, 3.05) is 13.6 Å². The molecule has 1 atom stereocenters. The minimum absolute atomic E-state index is 0.142. The molecule has 78 valence electrons. The van der Waals surface area contributed by atoms with Gasteiger partial charge in [0.2, 0.25) is 5.91 Å². The van der Waals surface area contributed by atoms with Gasteiger partial charge in [0.15, 0.2) is 0 Å². The highest BCUT2D eigenvalue weighted by molar-refractivity contribution is 5.81. The predicted octanol–water partition coefficient (Wildman–Crippen LogP) is -2.37. The molecule has 0 radical (unpaired) electrons. The Morgan fingerprint density at radius 1 is 1.38 bits per heavy atom. The third kappa shape index (κ3) is 6.47. The van der Waals surface area contributed by atoms with Crippen molar-refractivity contribution in [2.45, 2.75) is 25.2 Å². The summed E-state index contributed by atoms with van der Waals surface area (Å²) in [7, 11) is 1.57. The molecule has 0 fully saturated rings. The highest BCUT2D eigenvalue weighted by Gasteiger charge is 2.09. The molecule has 0 spiro atoms. The second-order valence-corrected chi connectivity index (χ2v) is 2.84. The molecule has 0 aromatic rings. The summed E-state index contributed by atoms with van der Waals surface area (Å²) in [6, 6.07) is -0.444. The molecule has 0 aromatic heterocycles. The zero-order chi connectivity index (χ0) is 10.3. The highest BCUT2D eigenvalue weighted by Crippen LogP contribution is 1.92. The van der Waals surface area contributed by atoms with Crippen molar-refractivity contribution in [3.05, 3.63) is 0 Å². The number of amides is 1. The van der Waals surface area contributed by atoms with E-state index >= 15 is 0 Å². The molecule has 1 amide bonds. The van der Waals surface area contributed by atoms with Gasteiger partial charge in [0, 0.05) is 7.05 Å². The summed E-state index contributed by atoms with van der Waals surface area (Å²) in [5.41, 5.74) is 16.0. The second-order valence-electron chi connectivity index (χ2n) is 2.84. The Bertz CT molecular complexity index is 150. The lowest BCUT2D eigenvalue weighted by molar-refractivity contribution is -0.122. The van der Waals surface area contributed by atoms with Gasteiger partial charge in [-0.25, -0.2) is 0 Å². The van der Waals surface area contributed by atoms with E-state index in [9.17, 15) is 4.79 Å². The van der Waals surface area contributed by atoms with Gasteiger partial charge in [-0.2, -0.15) is 0 Å². The quantitative estimate of drug-likeness (QED) is 0.236. The third-order valence-electron chi connectivity index (χ3n) is 1.66. The SMILES string of the molecule is CNC(=O)[C@@H](N)CCCNC(N)N. The summed E-state index contributed by atoms with van der Waals surface area (Å²) in [6.45, 7) is 0.669. The Morgan fingerprint density at radius 2 is 2.00 bits per heavy atom. The Labute approximate surface area is 78.2 Å². The number of carbonyl (C=O) groups excluding carboxylic acids is 1. The van der Waals surface area contributed by atoms with Crippen molar-refractivity contribution in [1.29, 1.82) is 0 Å². The molecule has 8 N–H and O–H groups in total. The average molecular weight is 189 g/mol. The number of nitrogens with two attached hydrogens (primary N) is 3. The fraction of sp³-hybridized carbons (Fsp3) is 0.857. The molecule has 6 nitrogen and oxygen atoms in total. The number of likely N-dealkylation sites (N-methyl/N-ethyl adjacent to an activating group) is 1. The normalized spacial score (nSPS) is 13.0. The summed E-state index contributed by atoms with van der Waals surface area (Å²) in [6.07, 6.45) is 0.898. The second kappa shape index (κ2) is 6.79. The first-order valence-corrected chi connectivity index (χ1v) is 4.29. The Kier molecular flexibility index (Phi) is 6.43. The van der Waals surface area contributed by atoms with Crippen LogP contribution in [0.4, 0.5) is 0 Å². The molecule has 6 heteroatoms. The third-order valence-corrected chi connectivity index (χ3v) is 1.66. The van der Waals surface area contributed by atoms with Gasteiger partial charge in [-0.05, 0) is 19.4 Å². The first-order valence-electron chi connectivity index (χ1n) is 4.29. The molecule has 0 aliphatic carbocycles. The van der Waals surface area contributed by atoms with Crippen LogP contribution in [-0.4, -0.2) is 31.8 Å². The van der Waals surface area contributed by atoms with Gasteiger partial charge < -0.3 is 22.5 Å². The molecular formula is C7H19N5O. The van der Waals surface area contributed by atoms with Crippen molar-refractivity contribution in [2.24, 2.45) is 17.2 Å². The first kappa shape index (κ1) is 12.3. The molecule has 0 heterocycles. The summed E-state index contributed by atoms with van der Waals surface area (Å²) in [4.78, 5) is 10.9. The van der Waals surface area contributed by atoms with Gasteiger partial charge in [-0.15, -0.1) is 0 Å². The smallest absolute Gasteiger partial charge is 0.236 e. The lowest BCUT2D eigenvalue weighted by Gasteiger charge is -2.11. The zero-order valence-corrected chi connectivity index (χ0v) is 7.92. The van der Waals surface area contributed by atoms with Crippen LogP contribution in [-0.2, 0) is 4.79 Å². The standard InChI is InChI=1S/C7H19N5O/c1-11-6(13)5(8)3-2-4-12-7(9)10/h5,7,12H,2-4,8-10H2,1H3,(H,11,13)/t5-/m0/s1. The van der Waals surface area contributed by atoms with E-state index in [1.165, 1.54) is 0 Å². The van der Waals surface area contributed by atoms with Gasteiger partial charge in [-0.1, -0.05) is 0 Å². The van der Waals surface area contributed by atoms with Crippen LogP contribution in [0.1, 0.15) is 12.8 Å². The predicted molar refractivity (Wildman–Crippen MR) is 51.4 cm³/mol. The Hall–Kier alpha value is -0.690. The van der Waals surface area contributed by atoms with Crippen LogP contribution in [0, 0.1) is 0 Å². The molecule has 0 saturated heterocycles. The molecular weight excluding hydrogens is 170 g/mol. The Morgan fingerprint density at radius 3 is 2.46 bits per heavy atom. The van der Waals surface area contributed by atoms with E-state index in [-0.39, 0.29) is 5.91 Å². The molecule has 0 saturated carbocycles. The summed E-state index contributed by atoms with van der Waals surface area (Å²) < 4.78 is 0. The van der Waals surface area contributed by atoms with Crippen LogP contribution in [0.2, 0.25) is 0 Å². The van der Waals surface area contributed by atoms with E-state index in [0.29, 0.717) is 13.0 Å². The number of nitrogens with one attached hydrogen (secondary N) is 2. The monoisotopic (exact) mass is 189 g/mol. The van der Waals surface area contributed by atoms with Crippen molar-refractivity contribution in [1.82, 2.24) is 10.6 Å². The molecule has 0 unspecified atom stereocenters. The maximum Gasteiger partial charge on any atom is 0.236 e. The summed E-state index contributed by atoms with van der Waals surface area (Å²) >= 11 is 0. The van der Waals surface area contributed by atoms with Gasteiger partial charge in [0.25, 0.3) is 0 Å². The highest BCUT2D eigenvalue weighted by atomic mass is 16.2. The van der Waals surface area contributed by atoms with Crippen molar-refractivity contribution in [3.8, 4) is 0 Å². The van der Waals surface area contributed by atoms with E-state index in [1.807, 2.05) is 0 Å². The number of carbonyl (C=O) groups is 1. The number of hydrogen-bond acceptors (Lipinski definition) is 5. The van der Waals surface area contributed by atoms with Gasteiger partial charge in [0.05, 0.1) is 6.04 Å². The molecule has 0 aliphatic rings. The van der Waals surface area contributed by atoms with Crippen LogP contribution in [0.3, 0.4) is 0 Å².